The molecule has 1 aliphatic rings. The van der Waals surface area contributed by atoms with E-state index in [4.69, 9.17) is 4.98 Å². The molecule has 1 N–H and O–H groups in total. The fourth-order valence-electron chi connectivity index (χ4n) is 3.03. The molecular weight excluding hydrogens is 246 g/mol. The summed E-state index contributed by atoms with van der Waals surface area (Å²) in [6, 6.07) is 5.15. The summed E-state index contributed by atoms with van der Waals surface area (Å²) in [6.07, 6.45) is 6.75. The predicted molar refractivity (Wildman–Crippen MR) is 86.4 cm³/mol. The van der Waals surface area contributed by atoms with Gasteiger partial charge >= 0.3 is 0 Å². The van der Waals surface area contributed by atoms with Gasteiger partial charge in [-0.2, -0.15) is 0 Å². The highest BCUT2D eigenvalue weighted by Gasteiger charge is 2.20. The molecule has 0 aromatic carbocycles. The van der Waals surface area contributed by atoms with Gasteiger partial charge in [-0.1, -0.05) is 33.1 Å². The van der Waals surface area contributed by atoms with Crippen molar-refractivity contribution in [1.29, 1.82) is 0 Å². The third-order valence-corrected chi connectivity index (χ3v) is 4.35. The van der Waals surface area contributed by atoms with Gasteiger partial charge in [0.15, 0.2) is 0 Å². The van der Waals surface area contributed by atoms with Crippen LogP contribution in [0.3, 0.4) is 0 Å². The molecule has 0 radical (unpaired) electrons. The fourth-order valence-corrected chi connectivity index (χ4v) is 3.03. The van der Waals surface area contributed by atoms with Gasteiger partial charge in [-0.3, -0.25) is 0 Å². The van der Waals surface area contributed by atoms with E-state index < -0.39 is 0 Å². The first-order valence-electron chi connectivity index (χ1n) is 8.00. The Morgan fingerprint density at radius 2 is 1.95 bits per heavy atom. The highest BCUT2D eigenvalue weighted by molar-refractivity contribution is 5.43. The second-order valence-electron chi connectivity index (χ2n) is 6.35. The van der Waals surface area contributed by atoms with Crippen molar-refractivity contribution in [2.24, 2.45) is 0 Å². The van der Waals surface area contributed by atoms with Crippen LogP contribution in [-0.2, 0) is 6.54 Å². The lowest BCUT2D eigenvalue weighted by Crippen LogP contribution is -2.34. The van der Waals surface area contributed by atoms with Crippen molar-refractivity contribution < 1.29 is 0 Å². The van der Waals surface area contributed by atoms with Gasteiger partial charge in [0.25, 0.3) is 0 Å². The molecule has 0 spiro atoms. The van der Waals surface area contributed by atoms with Gasteiger partial charge in [0.05, 0.1) is 0 Å². The first kappa shape index (κ1) is 15.3. The zero-order valence-electron chi connectivity index (χ0n) is 13.4. The maximum Gasteiger partial charge on any atom is 0.129 e. The number of anilines is 1. The second-order valence-corrected chi connectivity index (χ2v) is 6.35. The van der Waals surface area contributed by atoms with Crippen molar-refractivity contribution in [3.05, 3.63) is 23.4 Å². The number of hydrogen-bond donors (Lipinski definition) is 1. The Labute approximate surface area is 123 Å². The van der Waals surface area contributed by atoms with E-state index in [-0.39, 0.29) is 0 Å². The number of rotatable bonds is 5. The highest BCUT2D eigenvalue weighted by atomic mass is 15.2. The zero-order valence-corrected chi connectivity index (χ0v) is 13.4. The van der Waals surface area contributed by atoms with Gasteiger partial charge < -0.3 is 10.2 Å². The highest BCUT2D eigenvalue weighted by Crippen LogP contribution is 2.27. The predicted octanol–water partition coefficient (Wildman–Crippen LogP) is 3.69. The third kappa shape index (κ3) is 3.72. The molecule has 1 heterocycles. The average molecular weight is 275 g/mol. The van der Waals surface area contributed by atoms with Crippen LogP contribution in [0, 0.1) is 0 Å². The second kappa shape index (κ2) is 7.07. The number of nitrogens with zero attached hydrogens (tertiary/aromatic N) is 2. The van der Waals surface area contributed by atoms with Crippen LogP contribution in [0.25, 0.3) is 0 Å². The monoisotopic (exact) mass is 275 g/mol. The van der Waals surface area contributed by atoms with E-state index in [1.54, 1.807) is 0 Å². The number of hydrogen-bond acceptors (Lipinski definition) is 3. The summed E-state index contributed by atoms with van der Waals surface area (Å²) in [5, 5.41) is 3.25. The Morgan fingerprint density at radius 1 is 1.25 bits per heavy atom. The van der Waals surface area contributed by atoms with Crippen molar-refractivity contribution in [1.82, 2.24) is 10.3 Å². The topological polar surface area (TPSA) is 28.2 Å². The minimum Gasteiger partial charge on any atom is -0.357 e. The molecule has 0 unspecified atom stereocenters. The number of nitrogens with one attached hydrogen (secondary N) is 1. The summed E-state index contributed by atoms with van der Waals surface area (Å²) in [6.45, 7) is 5.35. The van der Waals surface area contributed by atoms with Gasteiger partial charge in [0.2, 0.25) is 0 Å². The maximum absolute atomic E-state index is 4.89. The van der Waals surface area contributed by atoms with Gasteiger partial charge in [0, 0.05) is 25.3 Å². The lowest BCUT2D eigenvalue weighted by molar-refractivity contribution is 0.425. The largest absolute Gasteiger partial charge is 0.357 e. The van der Waals surface area contributed by atoms with Gasteiger partial charge in [-0.05, 0) is 43.5 Å². The number of aromatic nitrogens is 1. The van der Waals surface area contributed by atoms with Gasteiger partial charge in [-0.25, -0.2) is 4.98 Å². The van der Waals surface area contributed by atoms with Crippen molar-refractivity contribution >= 4 is 5.82 Å². The summed E-state index contributed by atoms with van der Waals surface area (Å²) in [5.74, 6) is 1.62. The summed E-state index contributed by atoms with van der Waals surface area (Å²) in [5.41, 5.74) is 2.54. The molecule has 1 aliphatic carbocycles. The summed E-state index contributed by atoms with van der Waals surface area (Å²) in [4.78, 5) is 7.30. The van der Waals surface area contributed by atoms with Crippen LogP contribution in [0.2, 0.25) is 0 Å². The molecule has 112 valence electrons. The average Bonchev–Trinajstić information content (AvgIpc) is 2.47. The van der Waals surface area contributed by atoms with Crippen LogP contribution in [0.15, 0.2) is 12.1 Å². The van der Waals surface area contributed by atoms with E-state index in [1.165, 1.54) is 43.4 Å². The molecule has 20 heavy (non-hydrogen) atoms. The van der Waals surface area contributed by atoms with E-state index in [2.05, 4.69) is 43.2 Å². The van der Waals surface area contributed by atoms with Crippen molar-refractivity contribution in [3.8, 4) is 0 Å². The number of pyridine rings is 1. The minimum atomic E-state index is 0.477. The van der Waals surface area contributed by atoms with Gasteiger partial charge in [0.1, 0.15) is 5.82 Å². The van der Waals surface area contributed by atoms with E-state index in [0.29, 0.717) is 12.0 Å². The maximum atomic E-state index is 4.89. The van der Waals surface area contributed by atoms with Crippen LogP contribution in [-0.4, -0.2) is 25.1 Å². The first-order chi connectivity index (χ1) is 9.61. The molecule has 0 bridgehead atoms. The molecule has 0 aliphatic heterocycles. The normalized spacial score (nSPS) is 16.6. The summed E-state index contributed by atoms with van der Waals surface area (Å²) in [7, 11) is 4.21. The Kier molecular flexibility index (Phi) is 5.41. The van der Waals surface area contributed by atoms with Crippen molar-refractivity contribution in [2.45, 2.75) is 64.5 Å². The van der Waals surface area contributed by atoms with E-state index in [9.17, 15) is 0 Å². The first-order valence-corrected chi connectivity index (χ1v) is 8.00. The fraction of sp³-hybridized carbons (Fsp3) is 0.706. The van der Waals surface area contributed by atoms with Crippen LogP contribution in [0.1, 0.15) is 63.1 Å². The third-order valence-electron chi connectivity index (χ3n) is 4.35. The lowest BCUT2D eigenvalue weighted by Gasteiger charge is -2.32. The quantitative estimate of drug-likeness (QED) is 0.888. The standard InChI is InChI=1S/C17H29N3/c1-13(2)16-10-14(12-18-3)11-17(19-16)20(4)15-8-6-5-7-9-15/h10-11,13,15,18H,5-9,12H2,1-4H3. The molecule has 3 nitrogen and oxygen atoms in total. The Morgan fingerprint density at radius 3 is 2.55 bits per heavy atom. The molecule has 1 aromatic heterocycles. The Hall–Kier alpha value is -1.09. The van der Waals surface area contributed by atoms with Crippen LogP contribution >= 0.6 is 0 Å². The molecular formula is C17H29N3. The molecule has 0 amide bonds. The Bertz CT molecular complexity index is 422. The molecule has 1 fully saturated rings. The smallest absolute Gasteiger partial charge is 0.129 e. The van der Waals surface area contributed by atoms with Crippen LogP contribution in [0.5, 0.6) is 0 Å². The van der Waals surface area contributed by atoms with E-state index in [1.807, 2.05) is 7.05 Å². The van der Waals surface area contributed by atoms with Crippen LogP contribution < -0.4 is 10.2 Å². The molecule has 0 saturated heterocycles. The van der Waals surface area contributed by atoms with E-state index in [0.717, 1.165) is 12.4 Å². The molecule has 3 heteroatoms. The molecule has 1 aromatic rings. The van der Waals surface area contributed by atoms with Crippen LogP contribution in [0.4, 0.5) is 5.82 Å². The summed E-state index contributed by atoms with van der Waals surface area (Å²) < 4.78 is 0. The Balaban J connectivity index is 2.23. The minimum absolute atomic E-state index is 0.477. The van der Waals surface area contributed by atoms with E-state index >= 15 is 0 Å². The van der Waals surface area contributed by atoms with Crippen molar-refractivity contribution in [3.63, 3.8) is 0 Å². The molecule has 0 atom stereocenters. The molecule has 1 saturated carbocycles. The molecule has 2 rings (SSSR count). The van der Waals surface area contributed by atoms with Gasteiger partial charge in [-0.15, -0.1) is 0 Å². The zero-order chi connectivity index (χ0) is 14.5. The summed E-state index contributed by atoms with van der Waals surface area (Å²) >= 11 is 0. The SMILES string of the molecule is CNCc1cc(C(C)C)nc(N(C)C2CCCCC2)c1. The van der Waals surface area contributed by atoms with Crippen molar-refractivity contribution in [2.75, 3.05) is 19.0 Å². The lowest BCUT2D eigenvalue weighted by atomic mass is 9.94.